The zero-order valence-corrected chi connectivity index (χ0v) is 22.1. The molecule has 8 nitrogen and oxygen atoms in total. The zero-order valence-electron chi connectivity index (χ0n) is 20.3. The van der Waals surface area contributed by atoms with Gasteiger partial charge in [-0.05, 0) is 37.2 Å². The van der Waals surface area contributed by atoms with Gasteiger partial charge >= 0.3 is 0 Å². The second kappa shape index (κ2) is 9.19. The van der Waals surface area contributed by atoms with E-state index in [1.54, 1.807) is 0 Å². The fourth-order valence-corrected chi connectivity index (χ4v) is 6.06. The first-order valence-corrected chi connectivity index (χ1v) is 15.0. The summed E-state index contributed by atoms with van der Waals surface area (Å²) in [4.78, 5) is 9.42. The van der Waals surface area contributed by atoms with Crippen molar-refractivity contribution in [3.8, 4) is 0 Å². The van der Waals surface area contributed by atoms with Gasteiger partial charge in [-0.15, -0.1) is 0 Å². The van der Waals surface area contributed by atoms with Crippen LogP contribution in [0.5, 0.6) is 0 Å². The number of fused-ring (bicyclic) bond motifs is 1. The predicted molar refractivity (Wildman–Crippen MR) is 133 cm³/mol. The molecule has 0 bridgehead atoms. The maximum atomic E-state index is 15.9. The molecule has 2 aromatic heterocycles. The van der Waals surface area contributed by atoms with E-state index in [4.69, 9.17) is 14.9 Å². The molecule has 4 atom stereocenters. The van der Waals surface area contributed by atoms with Gasteiger partial charge in [0.1, 0.15) is 29.4 Å². The van der Waals surface area contributed by atoms with Gasteiger partial charge in [-0.2, -0.15) is 5.10 Å². The van der Waals surface area contributed by atoms with Crippen molar-refractivity contribution in [2.75, 3.05) is 12.3 Å². The summed E-state index contributed by atoms with van der Waals surface area (Å²) >= 11 is 1.40. The Kier molecular flexibility index (Phi) is 6.77. The molecular weight excluding hydrogens is 473 g/mol. The molecular formula is C23H32FN5O3SSi. The first-order valence-electron chi connectivity index (χ1n) is 11.2. The highest BCUT2D eigenvalue weighted by atomic mass is 32.2. The summed E-state index contributed by atoms with van der Waals surface area (Å²) in [6.07, 6.45) is -3.08. The molecule has 1 aliphatic heterocycles. The SMILES string of the molecule is Cc1cccc(Sc2nn([C@@H]3O[C@H](CO)C(O[Si](C)(C)C(C)(C)C)[C@@H]3F)c3ncnc(N)c23)c1. The summed E-state index contributed by atoms with van der Waals surface area (Å²) in [6.45, 7) is 12.0. The van der Waals surface area contributed by atoms with E-state index in [2.05, 4.69) is 48.9 Å². The number of aliphatic hydroxyl groups is 1. The lowest BCUT2D eigenvalue weighted by molar-refractivity contribution is -0.0497. The van der Waals surface area contributed by atoms with Crippen molar-refractivity contribution >= 4 is 36.9 Å². The van der Waals surface area contributed by atoms with Crippen molar-refractivity contribution in [3.63, 3.8) is 0 Å². The monoisotopic (exact) mass is 505 g/mol. The minimum atomic E-state index is -2.32. The quantitative estimate of drug-likeness (QED) is 0.472. The van der Waals surface area contributed by atoms with Crippen molar-refractivity contribution in [1.29, 1.82) is 0 Å². The molecule has 1 fully saturated rings. The van der Waals surface area contributed by atoms with E-state index in [-0.39, 0.29) is 17.5 Å². The number of hydrogen-bond donors (Lipinski definition) is 2. The van der Waals surface area contributed by atoms with Gasteiger partial charge in [0, 0.05) is 4.90 Å². The Bertz CT molecular complexity index is 1190. The van der Waals surface area contributed by atoms with Crippen LogP contribution in [-0.2, 0) is 9.16 Å². The third-order valence-electron chi connectivity index (χ3n) is 6.61. The summed E-state index contributed by atoms with van der Waals surface area (Å²) in [5.74, 6) is 0.257. The number of rotatable bonds is 6. The average molecular weight is 506 g/mol. The number of aryl methyl sites for hydroxylation is 1. The first kappa shape index (κ1) is 25.1. The van der Waals surface area contributed by atoms with Crippen LogP contribution < -0.4 is 5.73 Å². The van der Waals surface area contributed by atoms with Crippen LogP contribution in [0, 0.1) is 6.92 Å². The van der Waals surface area contributed by atoms with E-state index >= 15 is 4.39 Å². The fourth-order valence-electron chi connectivity index (χ4n) is 3.70. The lowest BCUT2D eigenvalue weighted by Gasteiger charge is -2.39. The Morgan fingerprint density at radius 2 is 2.03 bits per heavy atom. The van der Waals surface area contributed by atoms with Gasteiger partial charge in [-0.25, -0.2) is 19.0 Å². The molecule has 0 radical (unpaired) electrons. The van der Waals surface area contributed by atoms with Crippen LogP contribution >= 0.6 is 11.8 Å². The normalized spacial score (nSPS) is 23.6. The standard InChI is InChI=1S/C23H32FN5O3SSi/c1-13-8-7-9-14(10-13)33-21-16-19(25)26-12-27-20(16)29(28-21)22-17(24)18(15(11-30)31-22)32-34(5,6)23(2,3)4/h7-10,12,15,17-18,22,30H,11H2,1-6H3,(H2,25,26,27)/t15-,17+,18?,22-/m1/s1. The van der Waals surface area contributed by atoms with Gasteiger partial charge in [0.05, 0.1) is 12.0 Å². The molecule has 0 saturated carbocycles. The number of nitrogen functional groups attached to an aromatic ring is 1. The van der Waals surface area contributed by atoms with Gasteiger partial charge < -0.3 is 20.0 Å². The van der Waals surface area contributed by atoms with Gasteiger partial charge in [0.25, 0.3) is 0 Å². The van der Waals surface area contributed by atoms with Crippen molar-refractivity contribution < 1.29 is 18.7 Å². The van der Waals surface area contributed by atoms with Crippen molar-refractivity contribution in [3.05, 3.63) is 36.2 Å². The minimum absolute atomic E-state index is 0.123. The summed E-state index contributed by atoms with van der Waals surface area (Å²) in [6, 6.07) is 7.97. The number of anilines is 1. The van der Waals surface area contributed by atoms with Crippen molar-refractivity contribution in [2.45, 2.75) is 80.4 Å². The maximum Gasteiger partial charge on any atom is 0.192 e. The Labute approximate surface area is 204 Å². The second-order valence-corrected chi connectivity index (χ2v) is 16.0. The van der Waals surface area contributed by atoms with Crippen LogP contribution in [0.25, 0.3) is 11.0 Å². The van der Waals surface area contributed by atoms with Gasteiger partial charge in [-0.3, -0.25) is 0 Å². The first-order chi connectivity index (χ1) is 15.9. The smallest absolute Gasteiger partial charge is 0.192 e. The molecule has 1 unspecified atom stereocenters. The number of halogens is 1. The Morgan fingerprint density at radius 1 is 1.29 bits per heavy atom. The number of hydrogen-bond acceptors (Lipinski definition) is 8. The second-order valence-electron chi connectivity index (χ2n) is 10.2. The van der Waals surface area contributed by atoms with Gasteiger partial charge in [0.2, 0.25) is 0 Å². The molecule has 4 rings (SSSR count). The average Bonchev–Trinajstić information content (AvgIpc) is 3.25. The molecule has 0 spiro atoms. The molecule has 184 valence electrons. The molecule has 34 heavy (non-hydrogen) atoms. The topological polar surface area (TPSA) is 108 Å². The Hall–Kier alpha value is -2.05. The number of nitrogens with two attached hydrogens (primary N) is 1. The summed E-state index contributed by atoms with van der Waals surface area (Å²) in [5.41, 5.74) is 7.67. The molecule has 11 heteroatoms. The van der Waals surface area contributed by atoms with E-state index in [1.165, 1.54) is 22.8 Å². The van der Waals surface area contributed by atoms with E-state index < -0.39 is 32.9 Å². The molecule has 3 heterocycles. The summed E-state index contributed by atoms with van der Waals surface area (Å²) in [7, 11) is -2.32. The molecule has 1 saturated heterocycles. The van der Waals surface area contributed by atoms with Crippen LogP contribution in [-0.4, -0.2) is 58.2 Å². The third-order valence-corrected chi connectivity index (χ3v) is 12.1. The van der Waals surface area contributed by atoms with Gasteiger partial charge in [0.15, 0.2) is 26.4 Å². The van der Waals surface area contributed by atoms with E-state index in [0.29, 0.717) is 16.1 Å². The highest BCUT2D eigenvalue weighted by Gasteiger charge is 2.52. The highest BCUT2D eigenvalue weighted by molar-refractivity contribution is 7.99. The molecule has 3 aromatic rings. The van der Waals surface area contributed by atoms with Crippen LogP contribution in [0.1, 0.15) is 32.6 Å². The number of aliphatic hydroxyl groups excluding tert-OH is 1. The largest absolute Gasteiger partial charge is 0.408 e. The van der Waals surface area contributed by atoms with Crippen LogP contribution in [0.4, 0.5) is 10.2 Å². The number of ether oxygens (including phenoxy) is 1. The number of benzene rings is 1. The highest BCUT2D eigenvalue weighted by Crippen LogP contribution is 2.43. The third kappa shape index (κ3) is 4.59. The lowest BCUT2D eigenvalue weighted by atomic mass is 10.1. The summed E-state index contributed by atoms with van der Waals surface area (Å²) in [5, 5.41) is 15.6. The molecule has 1 aromatic carbocycles. The minimum Gasteiger partial charge on any atom is -0.408 e. The summed E-state index contributed by atoms with van der Waals surface area (Å²) < 4.78 is 29.7. The van der Waals surface area contributed by atoms with Crippen molar-refractivity contribution in [2.24, 2.45) is 0 Å². The zero-order chi connectivity index (χ0) is 24.8. The molecule has 0 aliphatic carbocycles. The number of nitrogens with zero attached hydrogens (tertiary/aromatic N) is 4. The predicted octanol–water partition coefficient (Wildman–Crippen LogP) is 4.49. The van der Waals surface area contributed by atoms with E-state index in [1.807, 2.05) is 31.2 Å². The van der Waals surface area contributed by atoms with Crippen molar-refractivity contribution in [1.82, 2.24) is 19.7 Å². The van der Waals surface area contributed by atoms with E-state index in [0.717, 1.165) is 10.5 Å². The number of aromatic nitrogens is 4. The van der Waals surface area contributed by atoms with Crippen LogP contribution in [0.3, 0.4) is 0 Å². The Balaban J connectivity index is 1.73. The Morgan fingerprint density at radius 3 is 2.68 bits per heavy atom. The fraction of sp³-hybridized carbons (Fsp3) is 0.522. The molecule has 0 amide bonds. The van der Waals surface area contributed by atoms with Gasteiger partial charge in [-0.1, -0.05) is 50.2 Å². The molecule has 3 N–H and O–H groups in total. The lowest BCUT2D eigenvalue weighted by Crippen LogP contribution is -2.49. The van der Waals surface area contributed by atoms with Crippen LogP contribution in [0.15, 0.2) is 40.5 Å². The number of alkyl halides is 1. The maximum absolute atomic E-state index is 15.9. The van der Waals surface area contributed by atoms with E-state index in [9.17, 15) is 5.11 Å². The molecule has 1 aliphatic rings. The van der Waals surface area contributed by atoms with Crippen LogP contribution in [0.2, 0.25) is 18.1 Å².